The molecule has 6 heteroatoms. The van der Waals surface area contributed by atoms with Crippen LogP contribution in [-0.4, -0.2) is 21.8 Å². The van der Waals surface area contributed by atoms with Gasteiger partial charge in [-0.1, -0.05) is 6.07 Å². The van der Waals surface area contributed by atoms with E-state index < -0.39 is 5.97 Å². The summed E-state index contributed by atoms with van der Waals surface area (Å²) in [6.07, 6.45) is 1.21. The quantitative estimate of drug-likeness (QED) is 0.677. The van der Waals surface area contributed by atoms with Crippen molar-refractivity contribution in [2.24, 2.45) is 0 Å². The lowest BCUT2D eigenvalue weighted by atomic mass is 10.0. The topological polar surface area (TPSA) is 89.6 Å². The second-order valence-electron chi connectivity index (χ2n) is 6.19. The molecule has 0 unspecified atom stereocenters. The van der Waals surface area contributed by atoms with Gasteiger partial charge >= 0.3 is 5.97 Å². The predicted octanol–water partition coefficient (Wildman–Crippen LogP) is 3.85. The van der Waals surface area contributed by atoms with Crippen LogP contribution in [0.4, 0.5) is 0 Å². The molecule has 0 aliphatic rings. The number of Topliss-reactive ketones (excluding diaryl/α,β-unsaturated/α-hetero) is 1. The number of aromatic nitrogens is 1. The zero-order valence-corrected chi connectivity index (χ0v) is 14.8. The lowest BCUT2D eigenvalue weighted by Gasteiger charge is -2.12. The van der Waals surface area contributed by atoms with Crippen molar-refractivity contribution in [3.63, 3.8) is 0 Å². The number of furan rings is 1. The molecular formula is C20H19NO5. The number of hydrogen-bond donors (Lipinski definition) is 1. The fourth-order valence-corrected chi connectivity index (χ4v) is 2.91. The van der Waals surface area contributed by atoms with E-state index in [2.05, 4.69) is 4.98 Å². The molecular weight excluding hydrogens is 334 g/mol. The van der Waals surface area contributed by atoms with Crippen molar-refractivity contribution in [2.45, 2.75) is 33.8 Å². The van der Waals surface area contributed by atoms with Gasteiger partial charge in [-0.05, 0) is 39.0 Å². The molecule has 0 atom stereocenters. The monoisotopic (exact) mass is 353 g/mol. The average molecular weight is 353 g/mol. The number of hydrogen-bond acceptors (Lipinski definition) is 5. The second-order valence-corrected chi connectivity index (χ2v) is 6.19. The number of ether oxygens (including phenoxy) is 1. The first-order valence-corrected chi connectivity index (χ1v) is 8.18. The van der Waals surface area contributed by atoms with Crippen molar-refractivity contribution in [3.8, 4) is 5.75 Å². The molecule has 0 bridgehead atoms. The summed E-state index contributed by atoms with van der Waals surface area (Å²) in [7, 11) is 0. The number of fused-ring (bicyclic) bond motifs is 1. The van der Waals surface area contributed by atoms with Gasteiger partial charge in [0.05, 0.1) is 12.7 Å². The number of pyridine rings is 1. The van der Waals surface area contributed by atoms with Crippen molar-refractivity contribution >= 4 is 22.7 Å². The molecule has 2 aromatic heterocycles. The first-order valence-electron chi connectivity index (χ1n) is 8.18. The number of aryl methyl sites for hydroxylation is 2. The van der Waals surface area contributed by atoms with Crippen molar-refractivity contribution in [1.82, 2.24) is 4.98 Å². The number of carbonyl (C=O) groups is 2. The summed E-state index contributed by atoms with van der Waals surface area (Å²) in [5.74, 6) is -0.762. The fourth-order valence-electron chi connectivity index (χ4n) is 2.91. The molecule has 0 fully saturated rings. The van der Waals surface area contributed by atoms with Gasteiger partial charge in [-0.3, -0.25) is 14.6 Å². The van der Waals surface area contributed by atoms with Gasteiger partial charge in [-0.2, -0.15) is 0 Å². The third-order valence-corrected chi connectivity index (χ3v) is 4.20. The Labute approximate surface area is 150 Å². The Morgan fingerprint density at radius 1 is 1.15 bits per heavy atom. The Morgan fingerprint density at radius 3 is 2.58 bits per heavy atom. The van der Waals surface area contributed by atoms with Crippen LogP contribution < -0.4 is 4.74 Å². The van der Waals surface area contributed by atoms with Crippen LogP contribution in [0.3, 0.4) is 0 Å². The van der Waals surface area contributed by atoms with Crippen molar-refractivity contribution in [3.05, 3.63) is 58.6 Å². The lowest BCUT2D eigenvalue weighted by Crippen LogP contribution is -2.05. The minimum Gasteiger partial charge on any atom is -0.488 e. The summed E-state index contributed by atoms with van der Waals surface area (Å²) in [5, 5.41) is 9.60. The maximum atomic E-state index is 12.2. The summed E-state index contributed by atoms with van der Waals surface area (Å²) in [5.41, 5.74) is 3.93. The molecule has 0 aliphatic heterocycles. The molecule has 0 saturated heterocycles. The van der Waals surface area contributed by atoms with Crippen LogP contribution in [-0.2, 0) is 17.8 Å². The molecule has 1 aromatic carbocycles. The summed E-state index contributed by atoms with van der Waals surface area (Å²) in [6, 6.07) is 7.25. The van der Waals surface area contributed by atoms with Crippen LogP contribution in [0.5, 0.6) is 5.75 Å². The highest BCUT2D eigenvalue weighted by Crippen LogP contribution is 2.32. The van der Waals surface area contributed by atoms with Crippen LogP contribution in [0.1, 0.15) is 39.8 Å². The number of carboxylic acids is 1. The third-order valence-electron chi connectivity index (χ3n) is 4.20. The highest BCUT2D eigenvalue weighted by atomic mass is 16.5. The van der Waals surface area contributed by atoms with E-state index >= 15 is 0 Å². The van der Waals surface area contributed by atoms with E-state index in [1.54, 1.807) is 12.1 Å². The van der Waals surface area contributed by atoms with E-state index in [0.29, 0.717) is 27.8 Å². The van der Waals surface area contributed by atoms with Crippen molar-refractivity contribution < 1.29 is 23.8 Å². The van der Waals surface area contributed by atoms with Crippen LogP contribution >= 0.6 is 0 Å². The first-order chi connectivity index (χ1) is 12.4. The lowest BCUT2D eigenvalue weighted by molar-refractivity contribution is -0.136. The Kier molecular flexibility index (Phi) is 4.75. The molecule has 134 valence electrons. The van der Waals surface area contributed by atoms with E-state index in [4.69, 9.17) is 14.3 Å². The number of carboxylic acid groups (broad SMARTS) is 1. The predicted molar refractivity (Wildman–Crippen MR) is 95.6 cm³/mol. The smallest absolute Gasteiger partial charge is 0.307 e. The third kappa shape index (κ3) is 3.44. The standard InChI is InChI=1S/C20H19NO5/c1-11-4-5-14(12(2)21-11)9-25-17-7-6-16-15(8-18(23)24)10-26-20(16)19(17)13(3)22/h4-7,10H,8-9H2,1-3H3,(H,23,24). The zero-order valence-electron chi connectivity index (χ0n) is 14.8. The Hall–Kier alpha value is -3.15. The molecule has 0 amide bonds. The SMILES string of the molecule is CC(=O)c1c(OCc2ccc(C)nc2C)ccc2c(CC(=O)O)coc12. The van der Waals surface area contributed by atoms with E-state index in [1.165, 1.54) is 13.2 Å². The van der Waals surface area contributed by atoms with E-state index in [0.717, 1.165) is 17.0 Å². The maximum absolute atomic E-state index is 12.2. The molecule has 1 N–H and O–H groups in total. The number of ketones is 1. The summed E-state index contributed by atoms with van der Waals surface area (Å²) in [4.78, 5) is 27.5. The Morgan fingerprint density at radius 2 is 1.92 bits per heavy atom. The van der Waals surface area contributed by atoms with E-state index in [9.17, 15) is 9.59 Å². The Bertz CT molecular complexity index is 1000. The molecule has 3 rings (SSSR count). The summed E-state index contributed by atoms with van der Waals surface area (Å²) in [6.45, 7) is 5.53. The van der Waals surface area contributed by atoms with E-state index in [-0.39, 0.29) is 18.8 Å². The van der Waals surface area contributed by atoms with Gasteiger partial charge in [-0.15, -0.1) is 0 Å². The van der Waals surface area contributed by atoms with Gasteiger partial charge in [0.1, 0.15) is 23.5 Å². The number of benzene rings is 1. The van der Waals surface area contributed by atoms with Crippen LogP contribution in [0, 0.1) is 13.8 Å². The minimum absolute atomic E-state index is 0.168. The van der Waals surface area contributed by atoms with Crippen molar-refractivity contribution in [1.29, 1.82) is 0 Å². The van der Waals surface area contributed by atoms with Crippen molar-refractivity contribution in [2.75, 3.05) is 0 Å². The van der Waals surface area contributed by atoms with Gasteiger partial charge in [0.2, 0.25) is 0 Å². The van der Waals surface area contributed by atoms with Gasteiger partial charge in [0.25, 0.3) is 0 Å². The zero-order chi connectivity index (χ0) is 18.8. The number of carbonyl (C=O) groups excluding carboxylic acids is 1. The normalized spacial score (nSPS) is 10.9. The largest absolute Gasteiger partial charge is 0.488 e. The van der Waals surface area contributed by atoms with E-state index in [1.807, 2.05) is 26.0 Å². The first kappa shape index (κ1) is 17.7. The molecule has 26 heavy (non-hydrogen) atoms. The molecule has 6 nitrogen and oxygen atoms in total. The molecule has 0 aliphatic carbocycles. The van der Waals surface area contributed by atoms with Crippen LogP contribution in [0.2, 0.25) is 0 Å². The minimum atomic E-state index is -0.959. The summed E-state index contributed by atoms with van der Waals surface area (Å²) < 4.78 is 11.4. The van der Waals surface area contributed by atoms with Gasteiger partial charge in [0.15, 0.2) is 5.78 Å². The van der Waals surface area contributed by atoms with Gasteiger partial charge < -0.3 is 14.3 Å². The number of nitrogens with zero attached hydrogens (tertiary/aromatic N) is 1. The molecule has 0 saturated carbocycles. The second kappa shape index (κ2) is 7.00. The fraction of sp³-hybridized carbons (Fsp3) is 0.250. The highest BCUT2D eigenvalue weighted by molar-refractivity contribution is 6.08. The Balaban J connectivity index is 1.96. The average Bonchev–Trinajstić information content (AvgIpc) is 2.95. The molecule has 2 heterocycles. The number of rotatable bonds is 6. The van der Waals surface area contributed by atoms with Crippen LogP contribution in [0.25, 0.3) is 11.0 Å². The highest BCUT2D eigenvalue weighted by Gasteiger charge is 2.19. The maximum Gasteiger partial charge on any atom is 0.307 e. The van der Waals surface area contributed by atoms with Crippen LogP contribution in [0.15, 0.2) is 34.9 Å². The van der Waals surface area contributed by atoms with Gasteiger partial charge in [-0.25, -0.2) is 0 Å². The molecule has 3 aromatic rings. The molecule has 0 radical (unpaired) electrons. The number of aliphatic carboxylic acids is 1. The summed E-state index contributed by atoms with van der Waals surface area (Å²) >= 11 is 0. The van der Waals surface area contributed by atoms with Gasteiger partial charge in [0, 0.05) is 27.9 Å². The molecule has 0 spiro atoms.